The molecule has 10 aromatic carbocycles. The van der Waals surface area contributed by atoms with Gasteiger partial charge in [-0.2, -0.15) is 0 Å². The van der Waals surface area contributed by atoms with E-state index in [2.05, 4.69) is 5.32 Å². The Balaban J connectivity index is 0.936. The number of amides is 1. The molecular formula is C102H100Cl3NO29. The highest BCUT2D eigenvalue weighted by Crippen LogP contribution is 2.41. The number of ether oxygens (including phenoxy) is 21. The third-order valence-electron chi connectivity index (χ3n) is 22.0. The number of esters is 7. The summed E-state index contributed by atoms with van der Waals surface area (Å²) in [4.78, 5) is 119. The van der Waals surface area contributed by atoms with Crippen molar-refractivity contribution in [2.45, 2.75) is 173 Å². The number of rotatable bonds is 40. The van der Waals surface area contributed by atoms with Crippen molar-refractivity contribution in [2.75, 3.05) is 40.1 Å². The highest BCUT2D eigenvalue weighted by Gasteiger charge is 2.61. The predicted molar refractivity (Wildman–Crippen MR) is 484 cm³/mol. The number of methoxy groups -OCH3 is 1. The molecule has 0 saturated carbocycles. The molecule has 1 N–H and O–H groups in total. The third kappa shape index (κ3) is 28.4. The lowest BCUT2D eigenvalue weighted by Crippen LogP contribution is -2.69. The fourth-order valence-corrected chi connectivity index (χ4v) is 15.8. The molecule has 14 rings (SSSR count). The molecule has 4 fully saturated rings. The maximum atomic E-state index is 15.7. The van der Waals surface area contributed by atoms with E-state index in [0.717, 1.165) is 30.5 Å². The number of hydrogen-bond donors (Lipinski definition) is 1. The summed E-state index contributed by atoms with van der Waals surface area (Å²) < 4.78 is 139. The number of halogens is 3. The van der Waals surface area contributed by atoms with Crippen LogP contribution in [0.15, 0.2) is 303 Å². The lowest BCUT2D eigenvalue weighted by Gasteiger charge is -2.50. The Hall–Kier alpha value is -11.9. The highest BCUT2D eigenvalue weighted by atomic mass is 35.6. The number of alkyl halides is 3. The number of alkyl carbamates (subject to hydrolysis) is 1. The minimum absolute atomic E-state index is 0.0144. The van der Waals surface area contributed by atoms with E-state index in [4.69, 9.17) is 134 Å². The summed E-state index contributed by atoms with van der Waals surface area (Å²) in [7, 11) is 1.25. The minimum Gasteiger partial charge on any atom is -0.459 e. The van der Waals surface area contributed by atoms with E-state index in [1.165, 1.54) is 67.8 Å². The summed E-state index contributed by atoms with van der Waals surface area (Å²) in [6, 6.07) is 82.6. The largest absolute Gasteiger partial charge is 0.459 e. The molecule has 33 heteroatoms. The second-order valence-corrected chi connectivity index (χ2v) is 34.2. The van der Waals surface area contributed by atoms with E-state index in [1.54, 1.807) is 115 Å². The Kier molecular flexibility index (Phi) is 36.4. The monoisotopic (exact) mass is 1910 g/mol. The predicted octanol–water partition coefficient (Wildman–Crippen LogP) is 14.6. The van der Waals surface area contributed by atoms with Crippen molar-refractivity contribution in [1.29, 1.82) is 0 Å². The van der Waals surface area contributed by atoms with Crippen LogP contribution in [0.25, 0.3) is 0 Å². The summed E-state index contributed by atoms with van der Waals surface area (Å²) in [5.74, 6) is -7.11. The van der Waals surface area contributed by atoms with Gasteiger partial charge < -0.3 is 105 Å². The Morgan fingerprint density at radius 1 is 0.289 bits per heavy atom. The van der Waals surface area contributed by atoms with E-state index in [9.17, 15) is 14.4 Å². The zero-order valence-electron chi connectivity index (χ0n) is 73.5. The molecule has 4 saturated heterocycles. The van der Waals surface area contributed by atoms with Crippen molar-refractivity contribution in [1.82, 2.24) is 5.32 Å². The molecule has 708 valence electrons. The van der Waals surface area contributed by atoms with Crippen LogP contribution in [0.4, 0.5) is 4.79 Å². The molecule has 0 spiro atoms. The maximum absolute atomic E-state index is 15.7. The molecule has 4 aliphatic heterocycles. The number of hydrogen-bond acceptors (Lipinski definition) is 29. The summed E-state index contributed by atoms with van der Waals surface area (Å²) in [6.07, 6.45) is -34.6. The van der Waals surface area contributed by atoms with Gasteiger partial charge in [-0.1, -0.05) is 277 Å². The van der Waals surface area contributed by atoms with Crippen LogP contribution in [-0.2, 0) is 142 Å². The van der Waals surface area contributed by atoms with Crippen LogP contribution in [0.3, 0.4) is 0 Å². The SMILES string of the molecule is CO[C@H]1O[C@H](COCc2ccccc2)[C@@H](O[C@@H]2O[C@H](CO[C@@H]3O[C@H](COC(=O)c4ccccc4)[C@@H](O[C@@H]4O[C@H](COCc5ccccc5)[C@H](OCc5ccccc5)[C@H](OCc5ccccc5)[C@H]4OCc4ccccc4)[C@H](OC(=O)c4ccccc4)[C@H]3NC(=O)OCC(Cl)(Cl)Cl)[C@H](OC(=O)c3ccccc3)[C@H](OC(=O)c3ccccc3)[C@H]2OC(=O)c2ccccc2)[C@H](OC(C)=O)[C@H]1OC(C)=O. The molecule has 10 aromatic rings. The normalized spacial score (nSPS) is 24.9. The van der Waals surface area contributed by atoms with Crippen LogP contribution < -0.4 is 5.32 Å². The van der Waals surface area contributed by atoms with Gasteiger partial charge in [-0.25, -0.2) is 28.8 Å². The number of carbonyl (C=O) groups excluding carboxylic acids is 8. The molecule has 0 radical (unpaired) electrons. The molecule has 4 heterocycles. The van der Waals surface area contributed by atoms with Gasteiger partial charge >= 0.3 is 47.9 Å². The lowest BCUT2D eigenvalue weighted by molar-refractivity contribution is -0.369. The Morgan fingerprint density at radius 3 is 1.01 bits per heavy atom. The first kappa shape index (κ1) is 99.1. The van der Waals surface area contributed by atoms with Crippen LogP contribution >= 0.6 is 34.8 Å². The van der Waals surface area contributed by atoms with Crippen LogP contribution in [-0.4, -0.2) is 215 Å². The molecule has 4 aliphatic rings. The number of benzene rings is 10. The van der Waals surface area contributed by atoms with Crippen molar-refractivity contribution in [2.24, 2.45) is 0 Å². The maximum Gasteiger partial charge on any atom is 0.407 e. The topological polar surface area (TPSA) is 342 Å². The fraction of sp³-hybridized carbons (Fsp3) is 0.333. The highest BCUT2D eigenvalue weighted by molar-refractivity contribution is 6.67. The van der Waals surface area contributed by atoms with Crippen molar-refractivity contribution in [3.63, 3.8) is 0 Å². The van der Waals surface area contributed by atoms with Crippen LogP contribution in [0, 0.1) is 0 Å². The zero-order chi connectivity index (χ0) is 94.4. The molecule has 0 aliphatic carbocycles. The van der Waals surface area contributed by atoms with Crippen molar-refractivity contribution in [3.05, 3.63) is 359 Å². The number of nitrogens with one attached hydrogen (secondary N) is 1. The average Bonchev–Trinajstić information content (AvgIpc) is 0.757. The summed E-state index contributed by atoms with van der Waals surface area (Å²) >= 11 is 19.0. The van der Waals surface area contributed by atoms with Gasteiger partial charge in [0.1, 0.15) is 74.2 Å². The van der Waals surface area contributed by atoms with E-state index < -0.39 is 201 Å². The lowest BCUT2D eigenvalue weighted by atomic mass is 9.94. The molecule has 30 nitrogen and oxygen atoms in total. The Labute approximate surface area is 793 Å². The second-order valence-electron chi connectivity index (χ2n) is 31.6. The van der Waals surface area contributed by atoms with Gasteiger partial charge in [-0.3, -0.25) is 9.59 Å². The van der Waals surface area contributed by atoms with Gasteiger partial charge in [0.15, 0.2) is 61.8 Å². The first-order chi connectivity index (χ1) is 65.6. The van der Waals surface area contributed by atoms with E-state index >= 15 is 24.0 Å². The Bertz CT molecular complexity index is 5390. The Morgan fingerprint density at radius 2 is 0.593 bits per heavy atom. The summed E-state index contributed by atoms with van der Waals surface area (Å²) in [6.45, 7) is -1.39. The smallest absolute Gasteiger partial charge is 0.407 e. The third-order valence-corrected chi connectivity index (χ3v) is 22.3. The standard InChI is InChI=1S/C102H100Cl3NO29/c1-64(107)124-87-84(77(60-117-55-67-36-16-5-17-37-67)127-98(115-3)90(87)125-65(2)108)135-100-91(133-96(113)75-52-32-13-33-53-75)88(132-95(112)74-50-30-12-31-51-74)83(130-93(110)72-46-26-10-27-47-72)79(129-100)62-122-97-80(106-101(114)123-63-102(103,104)105)85(131-94(111)73-48-28-11-29-49-73)82(78(126-97)61-121-92(109)71-44-24-9-25-45-71)134-99-89(120-58-70-42-22-8-23-43-70)86(119-57-69-40-20-7-21-41-69)81(118-56-68-38-18-6-19-39-68)76(128-99)59-116-54-66-34-14-4-15-35-66/h4-53,76-91,97-100H,54-63H2,1-3H3,(H,106,114)/t76-,77-,78-,79-,80-,81+,82-,83+,84-,85-,86+,87+,88+,89-,90-,91-,97-,98+,99+,100+/m1/s1. The first-order valence-electron chi connectivity index (χ1n) is 43.5. The second kappa shape index (κ2) is 49.6. The van der Waals surface area contributed by atoms with Gasteiger partial charge in [-0.05, 0) is 88.5 Å². The molecule has 0 aromatic heterocycles. The van der Waals surface area contributed by atoms with Crippen LogP contribution in [0.1, 0.15) is 93.5 Å². The first-order valence-corrected chi connectivity index (χ1v) is 44.7. The molecular weight excluding hydrogens is 1810 g/mol. The molecule has 1 amide bonds. The molecule has 135 heavy (non-hydrogen) atoms. The van der Waals surface area contributed by atoms with E-state index in [1.807, 2.05) is 127 Å². The van der Waals surface area contributed by atoms with Crippen molar-refractivity contribution in [3.8, 4) is 0 Å². The molecule has 0 unspecified atom stereocenters. The van der Waals surface area contributed by atoms with Crippen LogP contribution in [0.2, 0.25) is 0 Å². The van der Waals surface area contributed by atoms with Gasteiger partial charge in [0, 0.05) is 21.0 Å². The van der Waals surface area contributed by atoms with E-state index in [0.29, 0.717) is 11.1 Å². The summed E-state index contributed by atoms with van der Waals surface area (Å²) in [5, 5.41) is 2.74. The fourth-order valence-electron chi connectivity index (χ4n) is 15.6. The minimum atomic E-state index is -2.27. The average molecular weight is 1910 g/mol. The molecule has 20 atom stereocenters. The number of carbonyl (C=O) groups is 8. The van der Waals surface area contributed by atoms with Gasteiger partial charge in [0.25, 0.3) is 0 Å². The van der Waals surface area contributed by atoms with Crippen molar-refractivity contribution < 1.29 is 138 Å². The zero-order valence-corrected chi connectivity index (χ0v) is 75.7. The van der Waals surface area contributed by atoms with Crippen LogP contribution in [0.5, 0.6) is 0 Å². The molecule has 0 bridgehead atoms. The van der Waals surface area contributed by atoms with E-state index in [-0.39, 0.29) is 67.5 Å². The van der Waals surface area contributed by atoms with Crippen molar-refractivity contribution >= 4 is 82.7 Å². The summed E-state index contributed by atoms with van der Waals surface area (Å²) in [5.41, 5.74) is 3.49. The van der Waals surface area contributed by atoms with Gasteiger partial charge in [-0.15, -0.1) is 0 Å². The van der Waals surface area contributed by atoms with Gasteiger partial charge in [0.2, 0.25) is 3.79 Å². The quantitative estimate of drug-likeness (QED) is 0.0212. The van der Waals surface area contributed by atoms with Gasteiger partial charge in [0.05, 0.1) is 80.7 Å².